The first-order chi connectivity index (χ1) is 11.3. The Morgan fingerprint density at radius 3 is 3.09 bits per heavy atom. The van der Waals surface area contributed by atoms with Crippen LogP contribution in [-0.2, 0) is 5.75 Å². The van der Waals surface area contributed by atoms with Crippen LogP contribution in [0.25, 0.3) is 11.3 Å². The van der Waals surface area contributed by atoms with Crippen molar-refractivity contribution in [3.63, 3.8) is 0 Å². The summed E-state index contributed by atoms with van der Waals surface area (Å²) in [7, 11) is 0. The highest BCUT2D eigenvalue weighted by Gasteiger charge is 2.22. The molecule has 118 valence electrons. The summed E-state index contributed by atoms with van der Waals surface area (Å²) in [6, 6.07) is 8.13. The summed E-state index contributed by atoms with van der Waals surface area (Å²) in [6.45, 7) is 0. The number of oxazole rings is 1. The lowest BCUT2D eigenvalue weighted by molar-refractivity contribution is 0.530. The molecule has 2 aromatic heterocycles. The van der Waals surface area contributed by atoms with Crippen LogP contribution in [0.4, 0.5) is 5.13 Å². The Morgan fingerprint density at radius 2 is 2.26 bits per heavy atom. The van der Waals surface area contributed by atoms with E-state index in [2.05, 4.69) is 20.5 Å². The first kappa shape index (κ1) is 15.0. The number of anilines is 1. The zero-order valence-corrected chi connectivity index (χ0v) is 14.4. The van der Waals surface area contributed by atoms with Gasteiger partial charge >= 0.3 is 0 Å². The predicted octanol–water partition coefficient (Wildman–Crippen LogP) is 4.71. The molecule has 0 saturated heterocycles. The van der Waals surface area contributed by atoms with Crippen molar-refractivity contribution < 1.29 is 4.42 Å². The van der Waals surface area contributed by atoms with Crippen molar-refractivity contribution in [3.05, 3.63) is 41.4 Å². The van der Waals surface area contributed by atoms with Crippen LogP contribution in [0.2, 0.25) is 5.02 Å². The van der Waals surface area contributed by atoms with Crippen molar-refractivity contribution in [1.82, 2.24) is 15.2 Å². The molecule has 5 nitrogen and oxygen atoms in total. The van der Waals surface area contributed by atoms with Gasteiger partial charge in [-0.15, -0.1) is 10.2 Å². The van der Waals surface area contributed by atoms with Gasteiger partial charge in [0.1, 0.15) is 0 Å². The van der Waals surface area contributed by atoms with Gasteiger partial charge in [-0.1, -0.05) is 46.8 Å². The highest BCUT2D eigenvalue weighted by Crippen LogP contribution is 2.32. The van der Waals surface area contributed by atoms with Gasteiger partial charge in [0.15, 0.2) is 10.1 Å². The molecule has 1 aliphatic carbocycles. The molecule has 0 unspecified atom stereocenters. The van der Waals surface area contributed by atoms with Gasteiger partial charge in [0, 0.05) is 16.6 Å². The van der Waals surface area contributed by atoms with Crippen LogP contribution >= 0.6 is 34.7 Å². The second kappa shape index (κ2) is 6.51. The van der Waals surface area contributed by atoms with E-state index < -0.39 is 0 Å². The van der Waals surface area contributed by atoms with E-state index in [1.165, 1.54) is 12.8 Å². The smallest absolute Gasteiger partial charge is 0.206 e. The molecule has 1 aliphatic rings. The Labute approximate surface area is 146 Å². The molecular formula is C15H13ClN4OS2. The third kappa shape index (κ3) is 3.85. The van der Waals surface area contributed by atoms with Gasteiger partial charge < -0.3 is 9.73 Å². The van der Waals surface area contributed by atoms with Gasteiger partial charge in [0.25, 0.3) is 0 Å². The second-order valence-corrected chi connectivity index (χ2v) is 7.85. The topological polar surface area (TPSA) is 63.8 Å². The van der Waals surface area contributed by atoms with Crippen LogP contribution in [0.15, 0.2) is 39.2 Å². The fraction of sp³-hybridized carbons (Fsp3) is 0.267. The number of thioether (sulfide) groups is 1. The average Bonchev–Trinajstić information content (AvgIpc) is 3.06. The first-order valence-corrected chi connectivity index (χ1v) is 9.38. The Bertz CT molecular complexity index is 815. The summed E-state index contributed by atoms with van der Waals surface area (Å²) >= 11 is 9.14. The maximum absolute atomic E-state index is 6.00. The summed E-state index contributed by atoms with van der Waals surface area (Å²) in [5.74, 6) is 2.01. The molecule has 0 aliphatic heterocycles. The Hall–Kier alpha value is -1.57. The minimum atomic E-state index is 0.591. The molecule has 3 aromatic rings. The normalized spacial score (nSPS) is 14.1. The highest BCUT2D eigenvalue weighted by atomic mass is 35.5. The highest BCUT2D eigenvalue weighted by molar-refractivity contribution is 8.00. The van der Waals surface area contributed by atoms with Crippen molar-refractivity contribution in [2.75, 3.05) is 5.32 Å². The number of nitrogens with one attached hydrogen (secondary N) is 1. The van der Waals surface area contributed by atoms with Crippen molar-refractivity contribution in [2.45, 2.75) is 29.0 Å². The quantitative estimate of drug-likeness (QED) is 0.639. The van der Waals surface area contributed by atoms with E-state index in [1.807, 2.05) is 24.3 Å². The van der Waals surface area contributed by atoms with Crippen LogP contribution in [0.1, 0.15) is 18.7 Å². The lowest BCUT2D eigenvalue weighted by atomic mass is 10.2. The van der Waals surface area contributed by atoms with Crippen molar-refractivity contribution in [3.8, 4) is 11.3 Å². The molecule has 8 heteroatoms. The first-order valence-electron chi connectivity index (χ1n) is 7.20. The number of rotatable bonds is 6. The SMILES string of the molecule is Clc1cccc(-c2cnc(CSc3nnc(NC4CC4)s3)o2)c1. The fourth-order valence-corrected chi connectivity index (χ4v) is 3.88. The van der Waals surface area contributed by atoms with E-state index in [9.17, 15) is 0 Å². The van der Waals surface area contributed by atoms with E-state index in [4.69, 9.17) is 16.0 Å². The summed E-state index contributed by atoms with van der Waals surface area (Å²) in [5, 5.41) is 13.2. The van der Waals surface area contributed by atoms with Gasteiger partial charge in [-0.2, -0.15) is 0 Å². The maximum Gasteiger partial charge on any atom is 0.206 e. The van der Waals surface area contributed by atoms with Gasteiger partial charge in [0.05, 0.1) is 11.9 Å². The average molecular weight is 365 g/mol. The number of hydrogen-bond donors (Lipinski definition) is 1. The lowest BCUT2D eigenvalue weighted by Crippen LogP contribution is -1.99. The van der Waals surface area contributed by atoms with Crippen LogP contribution < -0.4 is 5.32 Å². The van der Waals surface area contributed by atoms with Crippen LogP contribution in [0.5, 0.6) is 0 Å². The number of halogens is 1. The minimum Gasteiger partial charge on any atom is -0.440 e. The molecule has 1 aromatic carbocycles. The van der Waals surface area contributed by atoms with E-state index in [0.717, 1.165) is 20.8 Å². The molecule has 0 radical (unpaired) electrons. The lowest BCUT2D eigenvalue weighted by Gasteiger charge is -1.96. The van der Waals surface area contributed by atoms with Gasteiger partial charge in [0.2, 0.25) is 11.0 Å². The van der Waals surface area contributed by atoms with Crippen molar-refractivity contribution >= 4 is 39.8 Å². The van der Waals surface area contributed by atoms with Crippen LogP contribution in [-0.4, -0.2) is 21.2 Å². The van der Waals surface area contributed by atoms with Gasteiger partial charge in [-0.3, -0.25) is 0 Å². The van der Waals surface area contributed by atoms with Crippen molar-refractivity contribution in [1.29, 1.82) is 0 Å². The number of nitrogens with zero attached hydrogens (tertiary/aromatic N) is 3. The summed E-state index contributed by atoms with van der Waals surface area (Å²) in [4.78, 5) is 4.31. The molecule has 0 amide bonds. The number of benzene rings is 1. The Morgan fingerprint density at radius 1 is 1.35 bits per heavy atom. The maximum atomic E-state index is 6.00. The van der Waals surface area contributed by atoms with E-state index in [0.29, 0.717) is 22.7 Å². The van der Waals surface area contributed by atoms with E-state index in [-0.39, 0.29) is 0 Å². The molecule has 2 heterocycles. The zero-order valence-electron chi connectivity index (χ0n) is 12.0. The molecule has 1 saturated carbocycles. The summed E-state index contributed by atoms with van der Waals surface area (Å²) in [5.41, 5.74) is 0.924. The molecule has 0 spiro atoms. The zero-order chi connectivity index (χ0) is 15.6. The Kier molecular flexibility index (Phi) is 4.24. The number of aromatic nitrogens is 3. The van der Waals surface area contributed by atoms with Gasteiger partial charge in [-0.05, 0) is 25.0 Å². The molecule has 23 heavy (non-hydrogen) atoms. The fourth-order valence-electron chi connectivity index (χ4n) is 2.00. The standard InChI is InChI=1S/C15H13ClN4OS2/c16-10-3-1-2-9(6-10)12-7-17-13(21-12)8-22-15-20-19-14(23-15)18-11-4-5-11/h1-3,6-7,11H,4-5,8H2,(H,18,19). The molecule has 4 rings (SSSR count). The van der Waals surface area contributed by atoms with Gasteiger partial charge in [-0.25, -0.2) is 4.98 Å². The molecular weight excluding hydrogens is 352 g/mol. The third-order valence-corrected chi connectivity index (χ3v) is 5.50. The minimum absolute atomic E-state index is 0.591. The largest absolute Gasteiger partial charge is 0.440 e. The monoisotopic (exact) mass is 364 g/mol. The molecule has 0 bridgehead atoms. The third-order valence-electron chi connectivity index (χ3n) is 3.29. The van der Waals surface area contributed by atoms with E-state index in [1.54, 1.807) is 29.3 Å². The Balaban J connectivity index is 1.38. The van der Waals surface area contributed by atoms with E-state index >= 15 is 0 Å². The summed E-state index contributed by atoms with van der Waals surface area (Å²) < 4.78 is 6.69. The second-order valence-electron chi connectivity index (χ2n) is 5.21. The van der Waals surface area contributed by atoms with Crippen LogP contribution in [0.3, 0.4) is 0 Å². The molecule has 1 N–H and O–H groups in total. The molecule has 1 fully saturated rings. The van der Waals surface area contributed by atoms with Crippen LogP contribution in [0, 0.1) is 0 Å². The number of hydrogen-bond acceptors (Lipinski definition) is 7. The molecule has 0 atom stereocenters. The summed E-state index contributed by atoms with van der Waals surface area (Å²) in [6.07, 6.45) is 4.18. The van der Waals surface area contributed by atoms with Crippen molar-refractivity contribution in [2.24, 2.45) is 0 Å². The predicted molar refractivity (Wildman–Crippen MR) is 93.1 cm³/mol.